The van der Waals surface area contributed by atoms with Gasteiger partial charge < -0.3 is 19.5 Å². The van der Waals surface area contributed by atoms with Gasteiger partial charge in [0.05, 0.1) is 9.82 Å². The molecule has 1 aliphatic rings. The second kappa shape index (κ2) is 10.9. The maximum absolute atomic E-state index is 12.9. The first-order valence-electron chi connectivity index (χ1n) is 11.0. The van der Waals surface area contributed by atoms with E-state index in [0.717, 1.165) is 5.56 Å². The zero-order valence-corrected chi connectivity index (χ0v) is 21.0. The molecule has 0 fully saturated rings. The second-order valence-electron chi connectivity index (χ2n) is 8.52. The molecular formula is C23H27N3O9S. The Balaban J connectivity index is 1.67. The number of carbonyl (C=O) groups excluding carboxylic acids is 2. The lowest BCUT2D eigenvalue weighted by Crippen LogP contribution is -2.45. The van der Waals surface area contributed by atoms with Crippen LogP contribution in [0.4, 0.5) is 11.4 Å². The second-order valence-corrected chi connectivity index (χ2v) is 10.2. The van der Waals surface area contributed by atoms with Crippen LogP contribution in [0.3, 0.4) is 0 Å². The Morgan fingerprint density at radius 2 is 1.72 bits per heavy atom. The summed E-state index contributed by atoms with van der Waals surface area (Å²) >= 11 is 0. The number of rotatable bonds is 9. The minimum atomic E-state index is -4.16. The minimum absolute atomic E-state index is 0.0381. The van der Waals surface area contributed by atoms with Crippen molar-refractivity contribution in [3.63, 3.8) is 0 Å². The molecule has 0 saturated carbocycles. The Labute approximate surface area is 208 Å². The van der Waals surface area contributed by atoms with Crippen molar-refractivity contribution in [1.29, 1.82) is 0 Å². The van der Waals surface area contributed by atoms with Gasteiger partial charge in [0, 0.05) is 12.1 Å². The fourth-order valence-electron chi connectivity index (χ4n) is 3.35. The third kappa shape index (κ3) is 6.29. The lowest BCUT2D eigenvalue weighted by Gasteiger charge is -2.22. The summed E-state index contributed by atoms with van der Waals surface area (Å²) in [5.41, 5.74) is 1.06. The van der Waals surface area contributed by atoms with Gasteiger partial charge in [0.2, 0.25) is 10.0 Å². The van der Waals surface area contributed by atoms with Gasteiger partial charge in [-0.1, -0.05) is 13.8 Å². The Morgan fingerprint density at radius 1 is 1.08 bits per heavy atom. The number of sulfonamides is 1. The first kappa shape index (κ1) is 26.9. The maximum atomic E-state index is 12.9. The van der Waals surface area contributed by atoms with Crippen molar-refractivity contribution < 1.29 is 37.1 Å². The molecule has 0 radical (unpaired) electrons. The number of amides is 1. The zero-order valence-electron chi connectivity index (χ0n) is 20.2. The molecule has 1 amide bonds. The Kier molecular flexibility index (Phi) is 8.15. The van der Waals surface area contributed by atoms with Crippen LogP contribution in [0.15, 0.2) is 35.2 Å². The smallest absolute Gasteiger partial charge is 0.324 e. The maximum Gasteiger partial charge on any atom is 0.324 e. The predicted molar refractivity (Wildman–Crippen MR) is 129 cm³/mol. The Hall–Kier alpha value is -3.71. The van der Waals surface area contributed by atoms with E-state index < -0.39 is 45.4 Å². The van der Waals surface area contributed by atoms with E-state index in [1.54, 1.807) is 27.7 Å². The van der Waals surface area contributed by atoms with Crippen molar-refractivity contribution in [3.8, 4) is 11.5 Å². The van der Waals surface area contributed by atoms with Crippen LogP contribution in [0.25, 0.3) is 0 Å². The zero-order chi connectivity index (χ0) is 26.6. The first-order chi connectivity index (χ1) is 16.9. The summed E-state index contributed by atoms with van der Waals surface area (Å²) in [5.74, 6) is -1.63. The van der Waals surface area contributed by atoms with Crippen LogP contribution < -0.4 is 19.5 Å². The number of nitrogens with zero attached hydrogens (tertiary/aromatic N) is 1. The highest BCUT2D eigenvalue weighted by Crippen LogP contribution is 2.32. The van der Waals surface area contributed by atoms with Gasteiger partial charge in [-0.3, -0.25) is 19.7 Å². The van der Waals surface area contributed by atoms with Gasteiger partial charge in [-0.05, 0) is 49.1 Å². The quantitative estimate of drug-likeness (QED) is 0.287. The van der Waals surface area contributed by atoms with Crippen molar-refractivity contribution >= 4 is 33.3 Å². The molecule has 3 rings (SSSR count). The molecule has 1 atom stereocenters. The number of fused-ring (bicyclic) bond motifs is 1. The van der Waals surface area contributed by atoms with Crippen LogP contribution in [0, 0.1) is 29.9 Å². The number of aryl methyl sites for hydroxylation is 2. The number of hydrogen-bond acceptors (Lipinski definition) is 9. The molecule has 2 aromatic rings. The molecule has 0 aromatic heterocycles. The number of esters is 1. The third-order valence-corrected chi connectivity index (χ3v) is 6.89. The predicted octanol–water partition coefficient (Wildman–Crippen LogP) is 2.47. The highest BCUT2D eigenvalue weighted by molar-refractivity contribution is 7.89. The van der Waals surface area contributed by atoms with E-state index in [1.807, 2.05) is 0 Å². The average Bonchev–Trinajstić information content (AvgIpc) is 2.82. The summed E-state index contributed by atoms with van der Waals surface area (Å²) in [4.78, 5) is 35.6. The molecule has 1 aliphatic heterocycles. The number of carbonyl (C=O) groups is 2. The number of hydrogen-bond donors (Lipinski definition) is 2. The largest absolute Gasteiger partial charge is 0.486 e. The van der Waals surface area contributed by atoms with Gasteiger partial charge in [0.15, 0.2) is 18.1 Å². The van der Waals surface area contributed by atoms with Crippen LogP contribution >= 0.6 is 0 Å². The molecule has 1 heterocycles. The van der Waals surface area contributed by atoms with Crippen molar-refractivity contribution in [3.05, 3.63) is 51.6 Å². The van der Waals surface area contributed by atoms with Gasteiger partial charge >= 0.3 is 5.97 Å². The van der Waals surface area contributed by atoms with Crippen molar-refractivity contribution in [2.24, 2.45) is 5.92 Å². The summed E-state index contributed by atoms with van der Waals surface area (Å²) in [6.07, 6.45) is 0. The summed E-state index contributed by atoms with van der Waals surface area (Å²) in [6, 6.07) is 5.56. The van der Waals surface area contributed by atoms with Crippen LogP contribution in [-0.2, 0) is 24.3 Å². The van der Waals surface area contributed by atoms with E-state index in [-0.39, 0.29) is 28.6 Å². The molecule has 194 valence electrons. The summed E-state index contributed by atoms with van der Waals surface area (Å²) < 4.78 is 44.0. The van der Waals surface area contributed by atoms with Gasteiger partial charge in [0.25, 0.3) is 11.6 Å². The molecule has 2 N–H and O–H groups in total. The monoisotopic (exact) mass is 521 g/mol. The van der Waals surface area contributed by atoms with Crippen molar-refractivity contribution in [1.82, 2.24) is 4.72 Å². The average molecular weight is 522 g/mol. The van der Waals surface area contributed by atoms with Crippen molar-refractivity contribution in [2.45, 2.75) is 38.6 Å². The van der Waals surface area contributed by atoms with E-state index in [4.69, 9.17) is 14.2 Å². The highest BCUT2D eigenvalue weighted by Gasteiger charge is 2.31. The topological polar surface area (TPSA) is 163 Å². The van der Waals surface area contributed by atoms with E-state index in [9.17, 15) is 28.1 Å². The number of benzene rings is 2. The Bertz CT molecular complexity index is 1290. The number of anilines is 1. The molecule has 2 aromatic carbocycles. The normalized spacial score (nSPS) is 13.7. The number of nitrogens with one attached hydrogen (secondary N) is 2. The standard InChI is InChI=1S/C23H27N3O9S/c1-13(2)22(25-36(31,32)16-5-6-19-20(11-16)34-8-7-33-19)23(28)35-12-21(27)24-17-9-14(3)15(4)10-18(17)26(29)30/h5-6,9-11,13,22,25H,7-8,12H2,1-4H3,(H,24,27). The molecule has 1 unspecified atom stereocenters. The first-order valence-corrected chi connectivity index (χ1v) is 12.5. The summed E-state index contributed by atoms with van der Waals surface area (Å²) in [5, 5.41) is 13.7. The van der Waals surface area contributed by atoms with Gasteiger partial charge in [-0.25, -0.2) is 8.42 Å². The molecule has 13 heteroatoms. The Morgan fingerprint density at radius 3 is 2.36 bits per heavy atom. The molecule has 0 saturated heterocycles. The third-order valence-electron chi connectivity index (χ3n) is 5.45. The molecule has 0 aliphatic carbocycles. The highest BCUT2D eigenvalue weighted by atomic mass is 32.2. The van der Waals surface area contributed by atoms with E-state index in [1.165, 1.54) is 30.3 Å². The minimum Gasteiger partial charge on any atom is -0.486 e. The van der Waals surface area contributed by atoms with E-state index >= 15 is 0 Å². The molecule has 36 heavy (non-hydrogen) atoms. The fraction of sp³-hybridized carbons (Fsp3) is 0.391. The van der Waals surface area contributed by atoms with Crippen LogP contribution in [0.2, 0.25) is 0 Å². The summed E-state index contributed by atoms with van der Waals surface area (Å²) in [6.45, 7) is 6.51. The lowest BCUT2D eigenvalue weighted by molar-refractivity contribution is -0.384. The van der Waals surface area contributed by atoms with Crippen LogP contribution in [-0.4, -0.2) is 51.1 Å². The van der Waals surface area contributed by atoms with E-state index in [0.29, 0.717) is 17.9 Å². The van der Waals surface area contributed by atoms with Gasteiger partial charge in [-0.2, -0.15) is 4.72 Å². The van der Waals surface area contributed by atoms with Crippen LogP contribution in [0.5, 0.6) is 11.5 Å². The number of nitro groups is 1. The van der Waals surface area contributed by atoms with Gasteiger partial charge in [-0.15, -0.1) is 0 Å². The van der Waals surface area contributed by atoms with E-state index in [2.05, 4.69) is 10.0 Å². The van der Waals surface area contributed by atoms with Gasteiger partial charge in [0.1, 0.15) is 24.9 Å². The SMILES string of the molecule is Cc1cc(NC(=O)COC(=O)C(NS(=O)(=O)c2ccc3c(c2)OCCO3)C(C)C)c([N+](=O)[O-])cc1C. The molecular weight excluding hydrogens is 494 g/mol. The molecule has 0 spiro atoms. The molecule has 12 nitrogen and oxygen atoms in total. The lowest BCUT2D eigenvalue weighted by atomic mass is 10.1. The number of ether oxygens (including phenoxy) is 3. The summed E-state index contributed by atoms with van der Waals surface area (Å²) in [7, 11) is -4.16. The van der Waals surface area contributed by atoms with Crippen molar-refractivity contribution in [2.75, 3.05) is 25.1 Å². The number of nitro benzene ring substituents is 1. The van der Waals surface area contributed by atoms with Crippen LogP contribution in [0.1, 0.15) is 25.0 Å². The molecule has 0 bridgehead atoms. The fourth-order valence-corrected chi connectivity index (χ4v) is 4.70.